The molecular formula is C31H22ClN3O4. The van der Waals surface area contributed by atoms with Crippen molar-refractivity contribution in [3.63, 3.8) is 0 Å². The molecule has 4 aromatic carbocycles. The van der Waals surface area contributed by atoms with Crippen LogP contribution in [0.1, 0.15) is 11.1 Å². The molecule has 2 heterocycles. The minimum absolute atomic E-state index is 0.225. The van der Waals surface area contributed by atoms with E-state index < -0.39 is 0 Å². The fourth-order valence-corrected chi connectivity index (χ4v) is 4.51. The standard InChI is InChI=1S/C31H22ClN3O4/c1-37-27-16-8-11-21(29(27)38-19-22-10-2-5-13-24(22)32)18-33-35-30(28-17-20-9-3-7-15-26(20)39-28)34-25-14-6-4-12-23(25)31(35)36/h2-18H,19H2,1H3. The van der Waals surface area contributed by atoms with Gasteiger partial charge in [-0.2, -0.15) is 9.78 Å². The van der Waals surface area contributed by atoms with E-state index in [1.165, 1.54) is 4.68 Å². The topological polar surface area (TPSA) is 78.9 Å². The molecule has 7 nitrogen and oxygen atoms in total. The van der Waals surface area contributed by atoms with Crippen molar-refractivity contribution in [1.29, 1.82) is 0 Å². The molecule has 2 aromatic heterocycles. The first-order valence-corrected chi connectivity index (χ1v) is 12.6. The first-order valence-electron chi connectivity index (χ1n) is 12.2. The number of nitrogens with zero attached hydrogens (tertiary/aromatic N) is 3. The molecule has 0 fully saturated rings. The second-order valence-electron chi connectivity index (χ2n) is 8.72. The minimum Gasteiger partial charge on any atom is -0.493 e. The van der Waals surface area contributed by atoms with Crippen molar-refractivity contribution < 1.29 is 13.9 Å². The van der Waals surface area contributed by atoms with Gasteiger partial charge < -0.3 is 13.9 Å². The van der Waals surface area contributed by atoms with Crippen LogP contribution in [0.25, 0.3) is 33.5 Å². The second-order valence-corrected chi connectivity index (χ2v) is 9.13. The van der Waals surface area contributed by atoms with Crippen LogP contribution in [0, 0.1) is 0 Å². The highest BCUT2D eigenvalue weighted by atomic mass is 35.5. The van der Waals surface area contributed by atoms with Crippen LogP contribution in [0.15, 0.2) is 111 Å². The Morgan fingerprint density at radius 3 is 2.62 bits per heavy atom. The lowest BCUT2D eigenvalue weighted by Gasteiger charge is -2.14. The Hall–Kier alpha value is -4.88. The molecule has 0 amide bonds. The summed E-state index contributed by atoms with van der Waals surface area (Å²) in [7, 11) is 1.57. The Bertz CT molecular complexity index is 1880. The maximum atomic E-state index is 13.6. The van der Waals surface area contributed by atoms with Crippen LogP contribution in [0.2, 0.25) is 5.02 Å². The van der Waals surface area contributed by atoms with E-state index in [0.717, 1.165) is 10.9 Å². The average molecular weight is 536 g/mol. The molecule has 0 unspecified atom stereocenters. The molecule has 0 radical (unpaired) electrons. The van der Waals surface area contributed by atoms with E-state index in [-0.39, 0.29) is 18.0 Å². The summed E-state index contributed by atoms with van der Waals surface area (Å²) in [5.74, 6) is 1.70. The van der Waals surface area contributed by atoms with Gasteiger partial charge in [0.25, 0.3) is 5.56 Å². The van der Waals surface area contributed by atoms with Crippen LogP contribution in [0.4, 0.5) is 0 Å². The number of ether oxygens (including phenoxy) is 2. The van der Waals surface area contributed by atoms with Gasteiger partial charge in [-0.05, 0) is 42.5 Å². The van der Waals surface area contributed by atoms with E-state index in [2.05, 4.69) is 5.10 Å². The summed E-state index contributed by atoms with van der Waals surface area (Å²) >= 11 is 6.32. The zero-order valence-electron chi connectivity index (χ0n) is 20.9. The predicted octanol–water partition coefficient (Wildman–Crippen LogP) is 6.93. The lowest BCUT2D eigenvalue weighted by atomic mass is 10.2. The van der Waals surface area contributed by atoms with Gasteiger partial charge in [0, 0.05) is 21.5 Å². The Labute approximate surface area is 228 Å². The third kappa shape index (κ3) is 4.76. The fourth-order valence-electron chi connectivity index (χ4n) is 4.32. The highest BCUT2D eigenvalue weighted by molar-refractivity contribution is 6.31. The molecule has 0 aliphatic carbocycles. The van der Waals surface area contributed by atoms with Crippen molar-refractivity contribution >= 4 is 39.7 Å². The fraction of sp³-hybridized carbons (Fsp3) is 0.0645. The molecule has 0 bridgehead atoms. The van der Waals surface area contributed by atoms with Gasteiger partial charge in [0.05, 0.1) is 24.2 Å². The number of fused-ring (bicyclic) bond motifs is 2. The number of methoxy groups -OCH3 is 1. The van der Waals surface area contributed by atoms with Crippen molar-refractivity contribution in [2.24, 2.45) is 5.10 Å². The molecule has 0 aliphatic heterocycles. The number of halogens is 1. The molecule has 6 rings (SSSR count). The SMILES string of the molecule is COc1cccc(C=Nn2c(-c3cc4ccccc4o3)nc3ccccc3c2=O)c1OCc1ccccc1Cl. The van der Waals surface area contributed by atoms with Crippen molar-refractivity contribution in [2.45, 2.75) is 6.61 Å². The number of rotatable bonds is 7. The highest BCUT2D eigenvalue weighted by Crippen LogP contribution is 2.32. The number of hydrogen-bond donors (Lipinski definition) is 0. The van der Waals surface area contributed by atoms with Gasteiger partial charge in [-0.3, -0.25) is 4.79 Å². The molecule has 39 heavy (non-hydrogen) atoms. The number of benzene rings is 4. The van der Waals surface area contributed by atoms with Crippen LogP contribution in [0.5, 0.6) is 11.5 Å². The van der Waals surface area contributed by atoms with Gasteiger partial charge in [-0.1, -0.05) is 66.2 Å². The average Bonchev–Trinajstić information content (AvgIpc) is 3.40. The van der Waals surface area contributed by atoms with E-state index in [4.69, 9.17) is 30.5 Å². The van der Waals surface area contributed by atoms with Gasteiger partial charge in [-0.15, -0.1) is 0 Å². The summed E-state index contributed by atoms with van der Waals surface area (Å²) < 4.78 is 19.0. The van der Waals surface area contributed by atoms with E-state index in [1.807, 2.05) is 72.8 Å². The van der Waals surface area contributed by atoms with Crippen LogP contribution < -0.4 is 15.0 Å². The number of furan rings is 1. The van der Waals surface area contributed by atoms with Crippen LogP contribution in [-0.4, -0.2) is 23.0 Å². The predicted molar refractivity (Wildman–Crippen MR) is 153 cm³/mol. The monoisotopic (exact) mass is 535 g/mol. The van der Waals surface area contributed by atoms with Crippen molar-refractivity contribution in [3.05, 3.63) is 124 Å². The van der Waals surface area contributed by atoms with Gasteiger partial charge in [-0.25, -0.2) is 4.98 Å². The summed E-state index contributed by atoms with van der Waals surface area (Å²) in [5.41, 5.74) is 2.35. The molecule has 0 N–H and O–H groups in total. The summed E-state index contributed by atoms with van der Waals surface area (Å²) in [4.78, 5) is 18.4. The molecule has 6 aromatic rings. The van der Waals surface area contributed by atoms with Crippen molar-refractivity contribution in [1.82, 2.24) is 9.66 Å². The van der Waals surface area contributed by atoms with E-state index in [9.17, 15) is 4.79 Å². The van der Waals surface area contributed by atoms with Crippen LogP contribution in [-0.2, 0) is 6.61 Å². The molecular weight excluding hydrogens is 514 g/mol. The van der Waals surface area contributed by atoms with E-state index >= 15 is 0 Å². The Morgan fingerprint density at radius 2 is 1.77 bits per heavy atom. The minimum atomic E-state index is -0.325. The lowest BCUT2D eigenvalue weighted by molar-refractivity contribution is 0.284. The van der Waals surface area contributed by atoms with Crippen LogP contribution >= 0.6 is 11.6 Å². The third-order valence-corrected chi connectivity index (χ3v) is 6.64. The molecule has 8 heteroatoms. The smallest absolute Gasteiger partial charge is 0.282 e. The molecule has 0 aliphatic rings. The number of hydrogen-bond acceptors (Lipinski definition) is 6. The zero-order chi connectivity index (χ0) is 26.8. The van der Waals surface area contributed by atoms with Gasteiger partial charge in [0.15, 0.2) is 17.3 Å². The third-order valence-electron chi connectivity index (χ3n) is 6.27. The van der Waals surface area contributed by atoms with Gasteiger partial charge in [0.2, 0.25) is 5.82 Å². The van der Waals surface area contributed by atoms with Crippen molar-refractivity contribution in [2.75, 3.05) is 7.11 Å². The summed E-state index contributed by atoms with van der Waals surface area (Å²) in [6, 6.07) is 29.5. The zero-order valence-corrected chi connectivity index (χ0v) is 21.6. The largest absolute Gasteiger partial charge is 0.493 e. The number of para-hydroxylation sites is 3. The molecule has 0 atom stereocenters. The summed E-state index contributed by atoms with van der Waals surface area (Å²) in [6.45, 7) is 0.225. The van der Waals surface area contributed by atoms with Crippen LogP contribution in [0.3, 0.4) is 0 Å². The first-order chi connectivity index (χ1) is 19.1. The normalized spacial score (nSPS) is 11.4. The Morgan fingerprint density at radius 1 is 0.974 bits per heavy atom. The Balaban J connectivity index is 1.46. The van der Waals surface area contributed by atoms with E-state index in [0.29, 0.717) is 44.3 Å². The Kier molecular flexibility index (Phi) is 6.57. The molecule has 0 spiro atoms. The second kappa shape index (κ2) is 10.5. The molecule has 0 saturated carbocycles. The summed E-state index contributed by atoms with van der Waals surface area (Å²) in [6.07, 6.45) is 1.55. The first kappa shape index (κ1) is 24.5. The molecule has 0 saturated heterocycles. The quantitative estimate of drug-likeness (QED) is 0.207. The van der Waals surface area contributed by atoms with Gasteiger partial charge in [0.1, 0.15) is 12.2 Å². The molecule has 192 valence electrons. The summed E-state index contributed by atoms with van der Waals surface area (Å²) in [5, 5.41) is 6.52. The van der Waals surface area contributed by atoms with Crippen molar-refractivity contribution in [3.8, 4) is 23.1 Å². The van der Waals surface area contributed by atoms with E-state index in [1.54, 1.807) is 37.6 Å². The number of aromatic nitrogens is 2. The van der Waals surface area contributed by atoms with Gasteiger partial charge >= 0.3 is 0 Å². The maximum Gasteiger partial charge on any atom is 0.282 e. The highest BCUT2D eigenvalue weighted by Gasteiger charge is 2.17. The lowest BCUT2D eigenvalue weighted by Crippen LogP contribution is -2.20. The maximum absolute atomic E-state index is 13.6.